The van der Waals surface area contributed by atoms with Gasteiger partial charge in [-0.1, -0.05) is 127 Å². The van der Waals surface area contributed by atoms with Crippen molar-refractivity contribution in [2.75, 3.05) is 33.0 Å². The minimum Gasteiger partial charge on any atom is -0.457 e. The summed E-state index contributed by atoms with van der Waals surface area (Å²) in [6, 6.07) is 0. The van der Waals surface area contributed by atoms with Gasteiger partial charge in [-0.05, 0) is 51.4 Å². The fourth-order valence-corrected chi connectivity index (χ4v) is 5.41. The normalized spacial score (nSPS) is 14.1. The molecule has 0 amide bonds. The van der Waals surface area contributed by atoms with Crippen molar-refractivity contribution in [2.45, 2.75) is 155 Å². The van der Waals surface area contributed by atoms with Crippen molar-refractivity contribution in [3.05, 3.63) is 36.5 Å². The number of hydrogen-bond acceptors (Lipinski definition) is 7. The van der Waals surface area contributed by atoms with Crippen molar-refractivity contribution >= 4 is 13.8 Å². The monoisotopic (exact) mass is 657 g/mol. The summed E-state index contributed by atoms with van der Waals surface area (Å²) in [6.45, 7) is 4.74. The minimum atomic E-state index is -4.26. The first-order valence-corrected chi connectivity index (χ1v) is 19.5. The Balaban J connectivity index is 3.88. The number of nitrogens with two attached hydrogens (primary N) is 1. The maximum absolute atomic E-state index is 12.2. The summed E-state index contributed by atoms with van der Waals surface area (Å²) in [7, 11) is -4.26. The van der Waals surface area contributed by atoms with Gasteiger partial charge in [0.1, 0.15) is 6.10 Å². The van der Waals surface area contributed by atoms with E-state index in [-0.39, 0.29) is 32.3 Å². The van der Waals surface area contributed by atoms with Crippen molar-refractivity contribution in [1.82, 2.24) is 0 Å². The summed E-state index contributed by atoms with van der Waals surface area (Å²) in [6.07, 6.45) is 36.5. The zero-order valence-electron chi connectivity index (χ0n) is 28.8. The quantitative estimate of drug-likeness (QED) is 0.0304. The van der Waals surface area contributed by atoms with Crippen LogP contribution in [0, 0.1) is 0 Å². The van der Waals surface area contributed by atoms with E-state index in [2.05, 4.69) is 50.3 Å². The third-order valence-corrected chi connectivity index (χ3v) is 8.29. The number of allylic oxidation sites excluding steroid dienone is 6. The summed E-state index contributed by atoms with van der Waals surface area (Å²) in [5.74, 6) is -0.353. The molecule has 2 atom stereocenters. The van der Waals surface area contributed by atoms with Crippen LogP contribution in [0.3, 0.4) is 0 Å². The van der Waals surface area contributed by atoms with Gasteiger partial charge < -0.3 is 20.1 Å². The average Bonchev–Trinajstić information content (AvgIpc) is 3.03. The van der Waals surface area contributed by atoms with Crippen LogP contribution in [0.1, 0.15) is 149 Å². The molecule has 264 valence electrons. The molecule has 0 spiro atoms. The Kier molecular flexibility index (Phi) is 33.1. The molecule has 0 saturated carbocycles. The van der Waals surface area contributed by atoms with Crippen molar-refractivity contribution in [3.63, 3.8) is 0 Å². The molecule has 0 fully saturated rings. The summed E-state index contributed by atoms with van der Waals surface area (Å²) in [5.41, 5.74) is 5.31. The third kappa shape index (κ3) is 33.9. The van der Waals surface area contributed by atoms with Crippen LogP contribution in [0.5, 0.6) is 0 Å². The second-order valence-corrected chi connectivity index (χ2v) is 13.2. The molecule has 8 nitrogen and oxygen atoms in total. The highest BCUT2D eigenvalue weighted by Gasteiger charge is 2.25. The first-order chi connectivity index (χ1) is 21.9. The van der Waals surface area contributed by atoms with Gasteiger partial charge in [-0.2, -0.15) is 0 Å². The second kappa shape index (κ2) is 34.1. The Bertz CT molecular complexity index is 787. The molecule has 0 aliphatic carbocycles. The molecule has 0 aromatic rings. The van der Waals surface area contributed by atoms with E-state index in [9.17, 15) is 14.3 Å². The highest BCUT2D eigenvalue weighted by molar-refractivity contribution is 7.47. The van der Waals surface area contributed by atoms with Crippen molar-refractivity contribution in [3.8, 4) is 0 Å². The van der Waals surface area contributed by atoms with Gasteiger partial charge >= 0.3 is 13.8 Å². The summed E-state index contributed by atoms with van der Waals surface area (Å²) in [4.78, 5) is 22.0. The minimum absolute atomic E-state index is 0.0977. The fraction of sp³-hybridized carbons (Fsp3) is 0.806. The Morgan fingerprint density at radius 1 is 0.667 bits per heavy atom. The number of phosphoric ester groups is 1. The SMILES string of the molecule is CCCCCCC/C=C\C/C=C\C/C=C\CCCCCCCCCOCC(COP(=O)(O)OCCN)OC(=O)CCCCCC. The summed E-state index contributed by atoms with van der Waals surface area (Å²) in [5, 5.41) is 0. The van der Waals surface area contributed by atoms with Gasteiger partial charge in [-0.25, -0.2) is 4.57 Å². The van der Waals surface area contributed by atoms with Crippen LogP contribution >= 0.6 is 7.82 Å². The van der Waals surface area contributed by atoms with E-state index >= 15 is 0 Å². The van der Waals surface area contributed by atoms with Crippen LogP contribution < -0.4 is 5.73 Å². The molecular weight excluding hydrogens is 589 g/mol. The van der Waals surface area contributed by atoms with E-state index in [1.54, 1.807) is 0 Å². The van der Waals surface area contributed by atoms with Crippen LogP contribution in [0.25, 0.3) is 0 Å². The molecule has 3 N–H and O–H groups in total. The summed E-state index contributed by atoms with van der Waals surface area (Å²) >= 11 is 0. The Hall–Kier alpha value is -1.28. The molecule has 0 bridgehead atoms. The Morgan fingerprint density at radius 2 is 1.18 bits per heavy atom. The Labute approximate surface area is 276 Å². The molecule has 2 unspecified atom stereocenters. The summed E-state index contributed by atoms with van der Waals surface area (Å²) < 4.78 is 32.9. The van der Waals surface area contributed by atoms with Crippen molar-refractivity contribution in [1.29, 1.82) is 0 Å². The highest BCUT2D eigenvalue weighted by Crippen LogP contribution is 2.43. The first kappa shape index (κ1) is 43.7. The lowest BCUT2D eigenvalue weighted by Crippen LogP contribution is -2.28. The molecular formula is C36H68NO7P. The van der Waals surface area contributed by atoms with E-state index in [4.69, 9.17) is 24.3 Å². The van der Waals surface area contributed by atoms with E-state index in [0.717, 1.165) is 57.8 Å². The fourth-order valence-electron chi connectivity index (χ4n) is 4.65. The molecule has 0 heterocycles. The first-order valence-electron chi connectivity index (χ1n) is 18.0. The van der Waals surface area contributed by atoms with Crippen LogP contribution in [0.4, 0.5) is 0 Å². The molecule has 0 saturated heterocycles. The van der Waals surface area contributed by atoms with E-state index < -0.39 is 13.9 Å². The van der Waals surface area contributed by atoms with Crippen LogP contribution in [-0.4, -0.2) is 49.9 Å². The second-order valence-electron chi connectivity index (χ2n) is 11.7. The smallest absolute Gasteiger partial charge is 0.457 e. The predicted octanol–water partition coefficient (Wildman–Crippen LogP) is 9.91. The van der Waals surface area contributed by atoms with E-state index in [1.807, 2.05) is 0 Å². The van der Waals surface area contributed by atoms with Gasteiger partial charge in [0.15, 0.2) is 0 Å². The number of hydrogen-bond donors (Lipinski definition) is 2. The largest absolute Gasteiger partial charge is 0.472 e. The highest BCUT2D eigenvalue weighted by atomic mass is 31.2. The van der Waals surface area contributed by atoms with Gasteiger partial charge in [0.2, 0.25) is 0 Å². The molecule has 0 aromatic carbocycles. The molecule has 9 heteroatoms. The van der Waals surface area contributed by atoms with Crippen molar-refractivity contribution in [2.24, 2.45) is 5.73 Å². The van der Waals surface area contributed by atoms with Gasteiger partial charge in [-0.15, -0.1) is 0 Å². The lowest BCUT2D eigenvalue weighted by molar-refractivity contribution is -0.154. The third-order valence-electron chi connectivity index (χ3n) is 7.31. The maximum Gasteiger partial charge on any atom is 0.472 e. The molecule has 0 rings (SSSR count). The standard InChI is InChI=1S/C36H68NO7P/c1-3-5-7-9-10-11-12-13-14-15-16-17-18-19-20-21-22-23-24-25-26-28-31-41-33-35(34-43-45(39,40)42-32-30-37)44-36(38)29-27-8-6-4-2/h12-13,15-16,18-19,35H,3-11,14,17,20-34,37H2,1-2H3,(H,39,40)/b13-12-,16-15-,19-18-. The number of esters is 1. The number of rotatable bonds is 34. The topological polar surface area (TPSA) is 117 Å². The Morgan fingerprint density at radius 3 is 1.76 bits per heavy atom. The molecule has 45 heavy (non-hydrogen) atoms. The molecule has 0 aliphatic rings. The van der Waals surface area contributed by atoms with E-state index in [0.29, 0.717) is 13.0 Å². The van der Waals surface area contributed by atoms with Gasteiger partial charge in [-0.3, -0.25) is 13.8 Å². The number of unbranched alkanes of at least 4 members (excludes halogenated alkanes) is 15. The number of carbonyl (C=O) groups excluding carboxylic acids is 1. The maximum atomic E-state index is 12.2. The lowest BCUT2D eigenvalue weighted by atomic mass is 10.1. The van der Waals surface area contributed by atoms with Crippen LogP contribution in [0.15, 0.2) is 36.5 Å². The number of ether oxygens (including phenoxy) is 2. The molecule has 0 aliphatic heterocycles. The van der Waals surface area contributed by atoms with Gasteiger partial charge in [0.25, 0.3) is 0 Å². The van der Waals surface area contributed by atoms with Crippen molar-refractivity contribution < 1.29 is 32.8 Å². The lowest BCUT2D eigenvalue weighted by Gasteiger charge is -2.20. The number of carbonyl (C=O) groups is 1. The predicted molar refractivity (Wildman–Crippen MR) is 187 cm³/mol. The van der Waals surface area contributed by atoms with Crippen LogP contribution in [-0.2, 0) is 27.9 Å². The van der Waals surface area contributed by atoms with Gasteiger partial charge in [0.05, 0.1) is 19.8 Å². The zero-order valence-corrected chi connectivity index (χ0v) is 29.7. The van der Waals surface area contributed by atoms with Crippen LogP contribution in [0.2, 0.25) is 0 Å². The zero-order chi connectivity index (χ0) is 33.1. The van der Waals surface area contributed by atoms with Gasteiger partial charge in [0, 0.05) is 19.6 Å². The van der Waals surface area contributed by atoms with E-state index in [1.165, 1.54) is 70.6 Å². The average molecular weight is 658 g/mol. The molecule has 0 aromatic heterocycles. The number of phosphoric acid groups is 1. The molecule has 0 radical (unpaired) electrons.